The van der Waals surface area contributed by atoms with Crippen LogP contribution in [0.2, 0.25) is 0 Å². The molecule has 0 aromatic rings. The van der Waals surface area contributed by atoms with Crippen LogP contribution in [0.3, 0.4) is 0 Å². The van der Waals surface area contributed by atoms with E-state index in [2.05, 4.69) is 33.8 Å². The van der Waals surface area contributed by atoms with Gasteiger partial charge in [0, 0.05) is 29.8 Å². The highest BCUT2D eigenvalue weighted by Gasteiger charge is 2.71. The Morgan fingerprint density at radius 2 is 1.11 bits per heavy atom. The minimum absolute atomic E-state index is 0.00996. The smallest absolute Gasteiger partial charge is 0.187 e. The Kier molecular flexibility index (Phi) is 22.1. The molecule has 514 valence electrons. The van der Waals surface area contributed by atoms with Crippen LogP contribution < -0.4 is 0 Å². The number of ketones is 1. The molecule has 0 radical (unpaired) electrons. The first-order valence-electron chi connectivity index (χ1n) is 31.8. The lowest BCUT2D eigenvalue weighted by Gasteiger charge is -2.65. The van der Waals surface area contributed by atoms with Gasteiger partial charge in [-0.25, -0.2) is 0 Å². The second-order valence-electron chi connectivity index (χ2n) is 28.9. The maximum Gasteiger partial charge on any atom is 0.187 e. The lowest BCUT2D eigenvalue weighted by Crippen LogP contribution is -2.67. The molecular formula is C61H102O28. The maximum atomic E-state index is 15.4. The molecule has 0 spiro atoms. The Labute approximate surface area is 517 Å². The molecule has 0 bridgehead atoms. The number of aliphatic hydroxyl groups is 18. The second kappa shape index (κ2) is 27.4. The van der Waals surface area contributed by atoms with Crippen molar-refractivity contribution in [3.05, 3.63) is 11.6 Å². The van der Waals surface area contributed by atoms with Crippen LogP contribution in [-0.4, -0.2) is 296 Å². The van der Waals surface area contributed by atoms with Crippen LogP contribution in [0.15, 0.2) is 11.6 Å². The van der Waals surface area contributed by atoms with Crippen LogP contribution in [0.1, 0.15) is 113 Å². The summed E-state index contributed by atoms with van der Waals surface area (Å²) in [5.74, 6) is -1.36. The van der Waals surface area contributed by atoms with E-state index in [1.54, 1.807) is 0 Å². The van der Waals surface area contributed by atoms with Gasteiger partial charge in [-0.2, -0.15) is 0 Å². The monoisotopic (exact) mass is 1280 g/mol. The van der Waals surface area contributed by atoms with E-state index in [0.29, 0.717) is 32.1 Å². The van der Waals surface area contributed by atoms with Crippen molar-refractivity contribution in [3.8, 4) is 0 Å². The Hall–Kier alpha value is -1.67. The number of rotatable bonds is 20. The summed E-state index contributed by atoms with van der Waals surface area (Å²) < 4.78 is 54.3. The van der Waals surface area contributed by atoms with Crippen molar-refractivity contribution >= 4 is 5.78 Å². The molecule has 18 N–H and O–H groups in total. The van der Waals surface area contributed by atoms with Crippen molar-refractivity contribution in [2.24, 2.45) is 51.2 Å². The lowest BCUT2D eigenvalue weighted by atomic mass is 9.38. The molecule has 5 heterocycles. The molecule has 5 aliphatic heterocycles. The number of Topliss-reactive ketones (excluding diaryl/α,β-unsaturated/α-hetero) is 1. The number of carbonyl (C=O) groups excluding carboxylic acids is 1. The fourth-order valence-corrected chi connectivity index (χ4v) is 17.5. The van der Waals surface area contributed by atoms with Crippen molar-refractivity contribution in [1.29, 1.82) is 0 Å². The van der Waals surface area contributed by atoms with Gasteiger partial charge >= 0.3 is 0 Å². The largest absolute Gasteiger partial charge is 0.396 e. The average molecular weight is 1280 g/mol. The third-order valence-corrected chi connectivity index (χ3v) is 23.2. The fraction of sp³-hybridized carbons (Fsp3) is 0.951. The van der Waals surface area contributed by atoms with E-state index in [9.17, 15) is 91.9 Å². The van der Waals surface area contributed by atoms with E-state index in [1.807, 2.05) is 13.8 Å². The van der Waals surface area contributed by atoms with Gasteiger partial charge < -0.3 is 135 Å². The summed E-state index contributed by atoms with van der Waals surface area (Å²) in [7, 11) is 0. The fourth-order valence-electron chi connectivity index (χ4n) is 17.5. The predicted molar refractivity (Wildman–Crippen MR) is 302 cm³/mol. The van der Waals surface area contributed by atoms with Crippen LogP contribution in [0.25, 0.3) is 0 Å². The number of allylic oxidation sites excluding steroid dienone is 1. The van der Waals surface area contributed by atoms with Gasteiger partial charge in [0.25, 0.3) is 0 Å². The molecule has 0 aromatic heterocycles. The molecule has 5 saturated heterocycles. The van der Waals surface area contributed by atoms with E-state index >= 15 is 4.79 Å². The molecular weight excluding hydrogens is 1180 g/mol. The molecule has 28 nitrogen and oxygen atoms in total. The SMILES string of the molecule is C[C@H](CC[C@@H](O[C@@H]1O[C@H](CO[C@@H]2O[C@H](CO)[C@@H](O)[C@H](O)[C@H]2O)[C@@H](O)[C@H](O)[C@H]1O[C@@H]1O[C@H](CO)[C@@H](O)[C@H](O)[C@H]1O)C(C)(C)O)C1CC[C@@]2(C)C3CC=C4C(CC[C@H](O[C@@H]5O[C@H](CCO)C([C@@H]6O[C@H](CO)[C@@H](O)[C@H](O)[C@H]6O)[C@H](O)[C@H]5O)C4(C)C)[C@]3(C)C(=O)C[C@]12C. The van der Waals surface area contributed by atoms with E-state index in [4.69, 9.17) is 42.6 Å². The number of carbonyl (C=O) groups is 1. The molecule has 0 aromatic carbocycles. The van der Waals surface area contributed by atoms with Gasteiger partial charge in [-0.3, -0.25) is 4.79 Å². The van der Waals surface area contributed by atoms with Gasteiger partial charge in [0.15, 0.2) is 25.2 Å². The van der Waals surface area contributed by atoms with E-state index in [1.165, 1.54) is 13.8 Å². The minimum Gasteiger partial charge on any atom is -0.396 e. The number of ether oxygens (including phenoxy) is 9. The molecule has 89 heavy (non-hydrogen) atoms. The van der Waals surface area contributed by atoms with Gasteiger partial charge in [0.1, 0.15) is 110 Å². The van der Waals surface area contributed by atoms with Crippen LogP contribution in [0.4, 0.5) is 0 Å². The summed E-state index contributed by atoms with van der Waals surface area (Å²) in [6.07, 6.45) is -35.2. The number of aliphatic hydroxyl groups excluding tert-OH is 17. The lowest BCUT2D eigenvalue weighted by molar-refractivity contribution is -0.380. The highest BCUT2D eigenvalue weighted by atomic mass is 16.8. The van der Waals surface area contributed by atoms with Gasteiger partial charge in [-0.15, -0.1) is 0 Å². The van der Waals surface area contributed by atoms with Crippen molar-refractivity contribution in [1.82, 2.24) is 0 Å². The predicted octanol–water partition coefficient (Wildman–Crippen LogP) is -4.54. The molecule has 8 fully saturated rings. The third kappa shape index (κ3) is 12.8. The second-order valence-corrected chi connectivity index (χ2v) is 28.9. The normalized spacial score (nSPS) is 51.0. The molecule has 4 aliphatic carbocycles. The highest BCUT2D eigenvalue weighted by molar-refractivity contribution is 5.88. The summed E-state index contributed by atoms with van der Waals surface area (Å²) in [6, 6.07) is 0. The summed E-state index contributed by atoms with van der Waals surface area (Å²) in [5.41, 5.74) is -2.90. The van der Waals surface area contributed by atoms with Crippen molar-refractivity contribution < 1.29 is 139 Å². The summed E-state index contributed by atoms with van der Waals surface area (Å²) in [5, 5.41) is 194. The molecule has 0 amide bonds. The van der Waals surface area contributed by atoms with Crippen molar-refractivity contribution in [2.75, 3.05) is 33.0 Å². The molecule has 9 rings (SSSR count). The van der Waals surface area contributed by atoms with Crippen molar-refractivity contribution in [3.63, 3.8) is 0 Å². The Balaban J connectivity index is 0.896. The van der Waals surface area contributed by atoms with Crippen molar-refractivity contribution in [2.45, 2.75) is 278 Å². The van der Waals surface area contributed by atoms with Crippen LogP contribution >= 0.6 is 0 Å². The van der Waals surface area contributed by atoms with Crippen LogP contribution in [0, 0.1) is 51.2 Å². The topological polar surface area (TPSA) is 464 Å². The standard InChI is InChI=1S/C61H102O28/c1-24(9-13-36(58(4,5)80)88-56-52(89-55-50(79)45(74)40(69)31(22-65)85-55)46(75)41(70)32(86-56)23-81-53-49(78)44(73)39(68)30(21-64)84-53)25-15-17-59(6)33-12-10-26-27(61(33,8)34(66)19-60(25,59)7)11-14-35(57(26,2)3)87-54-48(77)42(71)37(28(83-54)16-18-62)51-47(76)43(72)38(67)29(20-63)82-51/h10,24-25,27-33,35-56,62-65,67-80H,9,11-23H2,1-8H3/t24-,25?,27?,28-,29-,30-,31-,32-,33?,35+,36-,37?,38-,39-,40-,41-,42+,43+,44+,45+,46+,47-,48-,49-,50-,51+,52-,53-,54+,55+,56+,59+,60-,61+/m1/s1. The zero-order chi connectivity index (χ0) is 65.5. The third-order valence-electron chi connectivity index (χ3n) is 23.2. The number of hydrogen-bond donors (Lipinski definition) is 18. The minimum atomic E-state index is -1.96. The number of fused-ring (bicyclic) bond motifs is 5. The zero-order valence-corrected chi connectivity index (χ0v) is 52.0. The average Bonchev–Trinajstić information content (AvgIpc) is 1.70. The van der Waals surface area contributed by atoms with E-state index in [0.717, 1.165) is 18.4 Å². The first-order valence-corrected chi connectivity index (χ1v) is 31.8. The molecule has 34 atom stereocenters. The Morgan fingerprint density at radius 3 is 1.71 bits per heavy atom. The molecule has 28 heteroatoms. The van der Waals surface area contributed by atoms with Gasteiger partial charge in [0.05, 0.1) is 62.5 Å². The molecule has 4 unspecified atom stereocenters. The Bertz CT molecular complexity index is 2390. The van der Waals surface area contributed by atoms with Gasteiger partial charge in [-0.05, 0) is 99.7 Å². The molecule has 9 aliphatic rings. The Morgan fingerprint density at radius 1 is 0.584 bits per heavy atom. The van der Waals surface area contributed by atoms with Gasteiger partial charge in [0.2, 0.25) is 0 Å². The van der Waals surface area contributed by atoms with E-state index in [-0.39, 0.29) is 47.7 Å². The first-order chi connectivity index (χ1) is 41.7. The van der Waals surface area contributed by atoms with E-state index < -0.39 is 220 Å². The highest BCUT2D eigenvalue weighted by Crippen LogP contribution is 2.74. The van der Waals surface area contributed by atoms with Crippen LogP contribution in [-0.2, 0) is 47.4 Å². The summed E-state index contributed by atoms with van der Waals surface area (Å²) in [4.78, 5) is 15.4. The zero-order valence-electron chi connectivity index (χ0n) is 52.0. The van der Waals surface area contributed by atoms with Crippen LogP contribution in [0.5, 0.6) is 0 Å². The maximum absolute atomic E-state index is 15.4. The summed E-state index contributed by atoms with van der Waals surface area (Å²) >= 11 is 0. The quantitative estimate of drug-likeness (QED) is 0.0511. The number of hydrogen-bond acceptors (Lipinski definition) is 28. The summed E-state index contributed by atoms with van der Waals surface area (Å²) in [6.45, 7) is 12.4. The van der Waals surface area contributed by atoms with Gasteiger partial charge in [-0.1, -0.05) is 53.2 Å². The molecule has 3 saturated carbocycles. The first kappa shape index (κ1) is 71.6.